The number of nitrogens with one attached hydrogen (secondary N) is 1. The first kappa shape index (κ1) is 11.5. The lowest BCUT2D eigenvalue weighted by atomic mass is 10.0. The van der Waals surface area contributed by atoms with Crippen LogP contribution >= 0.6 is 0 Å². The Kier molecular flexibility index (Phi) is 4.26. The highest BCUT2D eigenvalue weighted by Crippen LogP contribution is 2.33. The molecular formula is C15H23N. The maximum Gasteiger partial charge on any atom is 0.0340 e. The summed E-state index contributed by atoms with van der Waals surface area (Å²) in [7, 11) is 0. The van der Waals surface area contributed by atoms with Gasteiger partial charge in [0.15, 0.2) is 0 Å². The largest absolute Gasteiger partial charge is 0.385 e. The van der Waals surface area contributed by atoms with Crippen LogP contribution in [0.5, 0.6) is 0 Å². The number of para-hydroxylation sites is 1. The molecule has 1 aromatic rings. The highest BCUT2D eigenvalue weighted by molar-refractivity contribution is 5.42. The minimum absolute atomic E-state index is 0.900. The second-order valence-electron chi connectivity index (χ2n) is 5.08. The average Bonchev–Trinajstić information content (AvgIpc) is 2.76. The van der Waals surface area contributed by atoms with Crippen LogP contribution in [0.4, 0.5) is 5.69 Å². The van der Waals surface area contributed by atoms with E-state index in [2.05, 4.69) is 42.6 Å². The minimum Gasteiger partial charge on any atom is -0.385 e. The van der Waals surface area contributed by atoms with Crippen molar-refractivity contribution < 1.29 is 0 Å². The monoisotopic (exact) mass is 217 g/mol. The first-order valence-electron chi connectivity index (χ1n) is 6.67. The summed E-state index contributed by atoms with van der Waals surface area (Å²) in [4.78, 5) is 0. The Bertz CT molecular complexity index is 294. The average molecular weight is 217 g/mol. The lowest BCUT2D eigenvalue weighted by Crippen LogP contribution is -2.11. The summed E-state index contributed by atoms with van der Waals surface area (Å²) in [5.74, 6) is 1.91. The van der Waals surface area contributed by atoms with Crippen molar-refractivity contribution >= 4 is 5.69 Å². The van der Waals surface area contributed by atoms with Crippen molar-refractivity contribution in [3.63, 3.8) is 0 Å². The molecule has 1 aliphatic carbocycles. The molecule has 1 nitrogen and oxygen atoms in total. The predicted molar refractivity (Wildman–Crippen MR) is 70.7 cm³/mol. The molecule has 2 atom stereocenters. The van der Waals surface area contributed by atoms with E-state index in [1.165, 1.54) is 37.8 Å². The Labute approximate surface area is 99.3 Å². The van der Waals surface area contributed by atoms with Crippen molar-refractivity contribution in [2.45, 2.75) is 39.0 Å². The highest BCUT2D eigenvalue weighted by atomic mass is 14.9. The topological polar surface area (TPSA) is 12.0 Å². The number of hydrogen-bond acceptors (Lipinski definition) is 1. The fraction of sp³-hybridized carbons (Fsp3) is 0.600. The molecule has 0 spiro atoms. The van der Waals surface area contributed by atoms with Gasteiger partial charge in [0, 0.05) is 12.2 Å². The van der Waals surface area contributed by atoms with Gasteiger partial charge in [0.25, 0.3) is 0 Å². The molecule has 0 bridgehead atoms. The minimum atomic E-state index is 0.900. The Hall–Kier alpha value is -0.980. The molecule has 1 aliphatic rings. The van der Waals surface area contributed by atoms with Crippen molar-refractivity contribution in [2.75, 3.05) is 11.9 Å². The van der Waals surface area contributed by atoms with E-state index in [9.17, 15) is 0 Å². The SMILES string of the molecule is CCCC1CCC(CNc2ccccc2)C1. The first-order chi connectivity index (χ1) is 7.88. The van der Waals surface area contributed by atoms with Gasteiger partial charge in [0.1, 0.15) is 0 Å². The summed E-state index contributed by atoms with van der Waals surface area (Å²) in [6, 6.07) is 10.6. The third-order valence-corrected chi connectivity index (χ3v) is 3.72. The molecule has 0 saturated heterocycles. The highest BCUT2D eigenvalue weighted by Gasteiger charge is 2.23. The second-order valence-corrected chi connectivity index (χ2v) is 5.08. The summed E-state index contributed by atoms with van der Waals surface area (Å²) in [6.07, 6.45) is 7.10. The van der Waals surface area contributed by atoms with Crippen LogP contribution in [0.1, 0.15) is 39.0 Å². The van der Waals surface area contributed by atoms with E-state index in [0.29, 0.717) is 0 Å². The second kappa shape index (κ2) is 5.93. The number of hydrogen-bond donors (Lipinski definition) is 1. The van der Waals surface area contributed by atoms with E-state index >= 15 is 0 Å². The molecule has 2 rings (SSSR count). The summed E-state index contributed by atoms with van der Waals surface area (Å²) >= 11 is 0. The molecule has 1 aromatic carbocycles. The molecule has 16 heavy (non-hydrogen) atoms. The smallest absolute Gasteiger partial charge is 0.0340 e. The summed E-state index contributed by atoms with van der Waals surface area (Å²) in [5, 5.41) is 3.55. The van der Waals surface area contributed by atoms with E-state index in [1.807, 2.05) is 0 Å². The fourth-order valence-corrected chi connectivity index (χ4v) is 2.85. The van der Waals surface area contributed by atoms with Crippen LogP contribution in [0, 0.1) is 11.8 Å². The number of anilines is 1. The van der Waals surface area contributed by atoms with Gasteiger partial charge in [0.2, 0.25) is 0 Å². The van der Waals surface area contributed by atoms with E-state index in [4.69, 9.17) is 0 Å². The van der Waals surface area contributed by atoms with Crippen LogP contribution < -0.4 is 5.32 Å². The lowest BCUT2D eigenvalue weighted by Gasteiger charge is -2.12. The zero-order valence-corrected chi connectivity index (χ0v) is 10.3. The molecular weight excluding hydrogens is 194 g/mol. The molecule has 2 unspecified atom stereocenters. The summed E-state index contributed by atoms with van der Waals surface area (Å²) < 4.78 is 0. The Morgan fingerprint density at radius 3 is 2.62 bits per heavy atom. The van der Waals surface area contributed by atoms with E-state index in [1.54, 1.807) is 0 Å². The summed E-state index contributed by atoms with van der Waals surface area (Å²) in [5.41, 5.74) is 1.27. The van der Waals surface area contributed by atoms with Crippen molar-refractivity contribution in [3.05, 3.63) is 30.3 Å². The van der Waals surface area contributed by atoms with Crippen LogP contribution in [0.15, 0.2) is 30.3 Å². The molecule has 0 heterocycles. The van der Waals surface area contributed by atoms with Crippen molar-refractivity contribution in [3.8, 4) is 0 Å². The third-order valence-electron chi connectivity index (χ3n) is 3.72. The van der Waals surface area contributed by atoms with Crippen LogP contribution in [0.3, 0.4) is 0 Å². The maximum absolute atomic E-state index is 3.55. The fourth-order valence-electron chi connectivity index (χ4n) is 2.85. The zero-order chi connectivity index (χ0) is 11.2. The Morgan fingerprint density at radius 1 is 1.12 bits per heavy atom. The molecule has 0 aromatic heterocycles. The van der Waals surface area contributed by atoms with Gasteiger partial charge in [0.05, 0.1) is 0 Å². The predicted octanol–water partition coefficient (Wildman–Crippen LogP) is 4.31. The van der Waals surface area contributed by atoms with Crippen LogP contribution in [0.2, 0.25) is 0 Å². The van der Waals surface area contributed by atoms with Crippen molar-refractivity contribution in [1.29, 1.82) is 0 Å². The van der Waals surface area contributed by atoms with Gasteiger partial charge in [-0.25, -0.2) is 0 Å². The summed E-state index contributed by atoms with van der Waals surface area (Å²) in [6.45, 7) is 3.46. The lowest BCUT2D eigenvalue weighted by molar-refractivity contribution is 0.468. The molecule has 1 heteroatoms. The zero-order valence-electron chi connectivity index (χ0n) is 10.3. The van der Waals surface area contributed by atoms with Gasteiger partial charge >= 0.3 is 0 Å². The molecule has 88 valence electrons. The van der Waals surface area contributed by atoms with Gasteiger partial charge in [-0.1, -0.05) is 44.4 Å². The van der Waals surface area contributed by atoms with E-state index < -0.39 is 0 Å². The van der Waals surface area contributed by atoms with Gasteiger partial charge in [-0.15, -0.1) is 0 Å². The van der Waals surface area contributed by atoms with Gasteiger partial charge in [-0.3, -0.25) is 0 Å². The Morgan fingerprint density at radius 2 is 1.88 bits per heavy atom. The van der Waals surface area contributed by atoms with Gasteiger partial charge < -0.3 is 5.32 Å². The van der Waals surface area contributed by atoms with E-state index in [0.717, 1.165) is 18.4 Å². The third kappa shape index (κ3) is 3.26. The van der Waals surface area contributed by atoms with Crippen LogP contribution in [0.25, 0.3) is 0 Å². The standard InChI is InChI=1S/C15H23N/c1-2-6-13-9-10-14(11-13)12-16-15-7-4-3-5-8-15/h3-5,7-8,13-14,16H,2,6,9-12H2,1H3. The molecule has 0 aliphatic heterocycles. The van der Waals surface area contributed by atoms with Gasteiger partial charge in [-0.05, 0) is 36.8 Å². The first-order valence-corrected chi connectivity index (χ1v) is 6.67. The quantitative estimate of drug-likeness (QED) is 0.774. The molecule has 1 saturated carbocycles. The number of benzene rings is 1. The van der Waals surface area contributed by atoms with E-state index in [-0.39, 0.29) is 0 Å². The molecule has 0 amide bonds. The van der Waals surface area contributed by atoms with Crippen molar-refractivity contribution in [2.24, 2.45) is 11.8 Å². The number of rotatable bonds is 5. The Balaban J connectivity index is 1.72. The molecule has 1 N–H and O–H groups in total. The van der Waals surface area contributed by atoms with Crippen molar-refractivity contribution in [1.82, 2.24) is 0 Å². The molecule has 1 fully saturated rings. The van der Waals surface area contributed by atoms with Gasteiger partial charge in [-0.2, -0.15) is 0 Å². The van der Waals surface area contributed by atoms with Crippen LogP contribution in [-0.2, 0) is 0 Å². The van der Waals surface area contributed by atoms with Crippen LogP contribution in [-0.4, -0.2) is 6.54 Å². The normalized spacial score (nSPS) is 24.6. The molecule has 0 radical (unpaired) electrons. The maximum atomic E-state index is 3.55.